The lowest BCUT2D eigenvalue weighted by Gasteiger charge is -2.37. The van der Waals surface area contributed by atoms with E-state index in [1.165, 1.54) is 32.0 Å². The van der Waals surface area contributed by atoms with Gasteiger partial charge in [0.2, 0.25) is 10.0 Å². The predicted octanol–water partition coefficient (Wildman–Crippen LogP) is 2.82. The second-order valence-electron chi connectivity index (χ2n) is 5.34. The first kappa shape index (κ1) is 16.7. The Morgan fingerprint density at radius 2 is 1.68 bits per heavy atom. The fraction of sp³-hybridized carbons (Fsp3) is 0.500. The minimum Gasteiger partial charge on any atom is -0.389 e. The molecule has 0 radical (unpaired) electrons. The second kappa shape index (κ2) is 5.22. The first-order valence-electron chi connectivity index (χ1n) is 5.59. The van der Waals surface area contributed by atoms with Crippen molar-refractivity contribution in [3.8, 4) is 0 Å². The van der Waals surface area contributed by atoms with Crippen molar-refractivity contribution in [2.45, 2.75) is 43.7 Å². The smallest absolute Gasteiger partial charge is 0.242 e. The molecule has 0 heterocycles. The Labute approximate surface area is 123 Å². The molecule has 0 fully saturated rings. The minimum atomic E-state index is -3.88. The molecule has 4 nitrogen and oxygen atoms in total. The Hall–Kier alpha value is -0.330. The monoisotopic (exact) mass is 325 g/mol. The molecular formula is C12H17Cl2NO3S. The second-order valence-corrected chi connectivity index (χ2v) is 7.78. The first-order chi connectivity index (χ1) is 8.38. The molecule has 0 unspecified atom stereocenters. The quantitative estimate of drug-likeness (QED) is 0.894. The van der Waals surface area contributed by atoms with Gasteiger partial charge in [-0.1, -0.05) is 29.3 Å². The Bertz CT molecular complexity index is 577. The number of aliphatic hydroxyl groups is 1. The van der Waals surface area contributed by atoms with Gasteiger partial charge in [0.15, 0.2) is 0 Å². The van der Waals surface area contributed by atoms with Gasteiger partial charge in [-0.05, 0) is 39.8 Å². The molecule has 19 heavy (non-hydrogen) atoms. The number of hydrogen-bond acceptors (Lipinski definition) is 3. The SMILES string of the molecule is CC(C)(O)C(C)(C)NS(=O)(=O)c1cccc(Cl)c1Cl. The number of benzene rings is 1. The van der Waals surface area contributed by atoms with Gasteiger partial charge in [0, 0.05) is 0 Å². The van der Waals surface area contributed by atoms with E-state index in [9.17, 15) is 13.5 Å². The summed E-state index contributed by atoms with van der Waals surface area (Å²) in [6.07, 6.45) is 0. The Balaban J connectivity index is 3.24. The zero-order valence-electron chi connectivity index (χ0n) is 11.2. The molecule has 0 atom stereocenters. The largest absolute Gasteiger partial charge is 0.389 e. The molecule has 1 aromatic rings. The highest BCUT2D eigenvalue weighted by Crippen LogP contribution is 2.31. The van der Waals surface area contributed by atoms with Gasteiger partial charge in [-0.25, -0.2) is 13.1 Å². The van der Waals surface area contributed by atoms with E-state index < -0.39 is 21.2 Å². The van der Waals surface area contributed by atoms with Crippen LogP contribution in [0.1, 0.15) is 27.7 Å². The van der Waals surface area contributed by atoms with Crippen LogP contribution in [-0.2, 0) is 10.0 Å². The van der Waals surface area contributed by atoms with Gasteiger partial charge in [0.05, 0.1) is 21.2 Å². The third kappa shape index (κ3) is 3.61. The highest BCUT2D eigenvalue weighted by Gasteiger charge is 2.39. The molecule has 0 saturated carbocycles. The summed E-state index contributed by atoms with van der Waals surface area (Å²) in [6, 6.07) is 4.36. The van der Waals surface area contributed by atoms with Crippen LogP contribution >= 0.6 is 23.2 Å². The summed E-state index contributed by atoms with van der Waals surface area (Å²) in [5.74, 6) is 0. The van der Waals surface area contributed by atoms with E-state index in [1.807, 2.05) is 0 Å². The van der Waals surface area contributed by atoms with Gasteiger partial charge < -0.3 is 5.11 Å². The molecule has 0 spiro atoms. The van der Waals surface area contributed by atoms with Gasteiger partial charge in [-0.2, -0.15) is 0 Å². The van der Waals surface area contributed by atoms with Gasteiger partial charge in [0.1, 0.15) is 4.90 Å². The Morgan fingerprint density at radius 1 is 1.16 bits per heavy atom. The summed E-state index contributed by atoms with van der Waals surface area (Å²) in [5.41, 5.74) is -2.32. The number of halogens is 2. The molecule has 0 aliphatic heterocycles. The molecule has 1 aromatic carbocycles. The van der Waals surface area contributed by atoms with Crippen LogP contribution in [0.5, 0.6) is 0 Å². The van der Waals surface area contributed by atoms with Crippen LogP contribution in [-0.4, -0.2) is 24.7 Å². The maximum atomic E-state index is 12.3. The van der Waals surface area contributed by atoms with Gasteiger partial charge in [0.25, 0.3) is 0 Å². The van der Waals surface area contributed by atoms with Crippen LogP contribution in [0.2, 0.25) is 10.0 Å². The number of hydrogen-bond donors (Lipinski definition) is 2. The fourth-order valence-electron chi connectivity index (χ4n) is 1.21. The molecule has 0 bridgehead atoms. The zero-order valence-corrected chi connectivity index (χ0v) is 13.5. The highest BCUT2D eigenvalue weighted by atomic mass is 35.5. The molecule has 108 valence electrons. The molecule has 0 aromatic heterocycles. The standard InChI is InChI=1S/C12H17Cl2NO3S/c1-11(2,12(3,4)16)15-19(17,18)9-7-5-6-8(13)10(9)14/h5-7,15-16H,1-4H3. The summed E-state index contributed by atoms with van der Waals surface area (Å²) in [5, 5.41) is 10.1. The Kier molecular flexibility index (Phi) is 4.59. The van der Waals surface area contributed by atoms with Crippen LogP contribution < -0.4 is 4.72 Å². The van der Waals surface area contributed by atoms with Crippen molar-refractivity contribution in [1.29, 1.82) is 0 Å². The number of rotatable bonds is 4. The summed E-state index contributed by atoms with van der Waals surface area (Å²) in [4.78, 5) is -0.112. The topological polar surface area (TPSA) is 66.4 Å². The molecule has 2 N–H and O–H groups in total. The molecule has 0 aliphatic rings. The van der Waals surface area contributed by atoms with E-state index in [0.29, 0.717) is 0 Å². The van der Waals surface area contributed by atoms with Crippen molar-refractivity contribution in [2.75, 3.05) is 0 Å². The third-order valence-corrected chi connectivity index (χ3v) is 5.75. The number of nitrogens with one attached hydrogen (secondary N) is 1. The lowest BCUT2D eigenvalue weighted by molar-refractivity contribution is 0.00639. The number of sulfonamides is 1. The van der Waals surface area contributed by atoms with E-state index in [1.54, 1.807) is 13.8 Å². The highest BCUT2D eigenvalue weighted by molar-refractivity contribution is 7.89. The van der Waals surface area contributed by atoms with E-state index in [-0.39, 0.29) is 14.9 Å². The minimum absolute atomic E-state index is 0.0387. The predicted molar refractivity (Wildman–Crippen MR) is 77.2 cm³/mol. The average Bonchev–Trinajstić information content (AvgIpc) is 2.18. The lowest BCUT2D eigenvalue weighted by atomic mass is 9.87. The van der Waals surface area contributed by atoms with Crippen LogP contribution in [0.3, 0.4) is 0 Å². The van der Waals surface area contributed by atoms with Crippen molar-refractivity contribution >= 4 is 33.2 Å². The van der Waals surface area contributed by atoms with Crippen molar-refractivity contribution < 1.29 is 13.5 Å². The zero-order chi connectivity index (χ0) is 15.1. The average molecular weight is 326 g/mol. The summed E-state index contributed by atoms with van der Waals surface area (Å²) < 4.78 is 27.0. The van der Waals surface area contributed by atoms with Crippen LogP contribution in [0, 0.1) is 0 Å². The van der Waals surface area contributed by atoms with E-state index in [2.05, 4.69) is 4.72 Å². The van der Waals surface area contributed by atoms with E-state index in [4.69, 9.17) is 23.2 Å². The van der Waals surface area contributed by atoms with Gasteiger partial charge in [-0.3, -0.25) is 0 Å². The maximum absolute atomic E-state index is 12.3. The van der Waals surface area contributed by atoms with Crippen molar-refractivity contribution in [3.05, 3.63) is 28.2 Å². The Morgan fingerprint density at radius 3 is 2.16 bits per heavy atom. The lowest BCUT2D eigenvalue weighted by Crippen LogP contribution is -2.57. The van der Waals surface area contributed by atoms with Crippen LogP contribution in [0.15, 0.2) is 23.1 Å². The molecule has 0 saturated heterocycles. The molecular weight excluding hydrogens is 309 g/mol. The first-order valence-corrected chi connectivity index (χ1v) is 7.83. The summed E-state index contributed by atoms with van der Waals surface area (Å²) in [6.45, 7) is 6.22. The van der Waals surface area contributed by atoms with Gasteiger partial charge in [-0.15, -0.1) is 0 Å². The van der Waals surface area contributed by atoms with Crippen molar-refractivity contribution in [1.82, 2.24) is 4.72 Å². The molecule has 0 amide bonds. The molecule has 1 rings (SSSR count). The van der Waals surface area contributed by atoms with E-state index in [0.717, 1.165) is 0 Å². The summed E-state index contributed by atoms with van der Waals surface area (Å²) in [7, 11) is -3.88. The van der Waals surface area contributed by atoms with Crippen LogP contribution in [0.25, 0.3) is 0 Å². The van der Waals surface area contributed by atoms with Gasteiger partial charge >= 0.3 is 0 Å². The van der Waals surface area contributed by atoms with Crippen molar-refractivity contribution in [2.24, 2.45) is 0 Å². The summed E-state index contributed by atoms with van der Waals surface area (Å²) >= 11 is 11.7. The fourth-order valence-corrected chi connectivity index (χ4v) is 3.50. The normalized spacial score (nSPS) is 13.6. The van der Waals surface area contributed by atoms with Crippen LogP contribution in [0.4, 0.5) is 0 Å². The third-order valence-electron chi connectivity index (χ3n) is 3.12. The molecule has 0 aliphatic carbocycles. The van der Waals surface area contributed by atoms with E-state index >= 15 is 0 Å². The molecule has 7 heteroatoms. The maximum Gasteiger partial charge on any atom is 0.242 e. The van der Waals surface area contributed by atoms with Crippen molar-refractivity contribution in [3.63, 3.8) is 0 Å².